The topological polar surface area (TPSA) is 333 Å². The number of nitrogens with zero attached hydrogens (tertiary/aromatic N) is 4. The number of unbranched alkanes of at least 4 members (excludes halogenated alkanes) is 2. The van der Waals surface area contributed by atoms with Gasteiger partial charge in [-0.1, -0.05) is 42.7 Å². The summed E-state index contributed by atoms with van der Waals surface area (Å²) < 4.78 is 68.5. The lowest BCUT2D eigenvalue weighted by Gasteiger charge is -2.31. The molecule has 27 heteroatoms. The molecular formula is C67H87N7O19S. The zero-order valence-corrected chi connectivity index (χ0v) is 55.5. The van der Waals surface area contributed by atoms with E-state index in [0.29, 0.717) is 87.5 Å². The first kappa shape index (κ1) is 72.9. The Morgan fingerprint density at radius 1 is 0.691 bits per heavy atom. The first-order chi connectivity index (χ1) is 44.7. The first-order valence-electron chi connectivity index (χ1n) is 31.6. The number of aliphatic hydroxyl groups is 1. The van der Waals surface area contributed by atoms with E-state index in [2.05, 4.69) is 16.0 Å². The van der Waals surface area contributed by atoms with Crippen LogP contribution in [0.2, 0.25) is 0 Å². The van der Waals surface area contributed by atoms with Crippen molar-refractivity contribution < 1.29 is 89.6 Å². The highest BCUT2D eigenvalue weighted by Gasteiger charge is 2.46. The molecule has 3 aromatic carbocycles. The number of benzene rings is 3. The van der Waals surface area contributed by atoms with Gasteiger partial charge < -0.3 is 59.3 Å². The van der Waals surface area contributed by atoms with Crippen molar-refractivity contribution in [2.45, 2.75) is 149 Å². The third-order valence-electron chi connectivity index (χ3n) is 16.4. The van der Waals surface area contributed by atoms with E-state index in [-0.39, 0.29) is 122 Å². The molecule has 3 aromatic rings. The Morgan fingerprint density at radius 2 is 1.31 bits per heavy atom. The Morgan fingerprint density at radius 3 is 1.94 bits per heavy atom. The fourth-order valence-corrected chi connectivity index (χ4v) is 12.2. The van der Waals surface area contributed by atoms with Crippen molar-refractivity contribution in [3.8, 4) is 17.2 Å². The normalized spacial score (nSPS) is 18.7. The van der Waals surface area contributed by atoms with Crippen LogP contribution in [-0.4, -0.2) is 176 Å². The predicted molar refractivity (Wildman–Crippen MR) is 346 cm³/mol. The number of carbonyl (C=O) groups is 9. The van der Waals surface area contributed by atoms with Crippen LogP contribution in [0.25, 0.3) is 0 Å². The third-order valence-corrected chi connectivity index (χ3v) is 17.5. The van der Waals surface area contributed by atoms with Gasteiger partial charge in [0.1, 0.15) is 23.4 Å². The molecule has 8 rings (SSSR count). The summed E-state index contributed by atoms with van der Waals surface area (Å²) in [5.41, 5.74) is 5.01. The molecule has 7 amide bonds. The minimum absolute atomic E-state index is 0.0470. The maximum atomic E-state index is 13.6. The number of ether oxygens (including phenoxy) is 6. The minimum Gasteiger partial charge on any atom is -0.493 e. The lowest BCUT2D eigenvalue weighted by atomic mass is 9.89. The van der Waals surface area contributed by atoms with Crippen LogP contribution in [0, 0.1) is 25.7 Å². The van der Waals surface area contributed by atoms with Gasteiger partial charge in [0, 0.05) is 87.1 Å². The number of hydrogen-bond acceptors (Lipinski definition) is 19. The van der Waals surface area contributed by atoms with Gasteiger partial charge in [-0.15, -0.1) is 0 Å². The SMILES string of the molecule is CCOC(=O)N1c2cc(OCCCCCOc3cc4c(cc3C)C(=O)N3C=C(C)C[C@H]3C(S(=O)(=O)O)N4)c(OC)cc2C(=O)N2C=C(C)C[C@H]2[C@@H]1O.Cc1ccc(NC(=O)[C@@H](C)NC(=O)[C@H](CC(=O)CCOCCOCCCC(=O)CCN2C(=O)C=CC2=O)C(C)C)cc1. The summed E-state index contributed by atoms with van der Waals surface area (Å²) in [6.07, 6.45) is 7.36. The van der Waals surface area contributed by atoms with Gasteiger partial charge in [0.2, 0.25) is 11.8 Å². The lowest BCUT2D eigenvalue weighted by Crippen LogP contribution is -2.50. The fourth-order valence-electron chi connectivity index (χ4n) is 11.3. The Hall–Kier alpha value is -8.50. The number of ketones is 2. The van der Waals surface area contributed by atoms with Crippen LogP contribution in [0.1, 0.15) is 138 Å². The molecule has 0 aliphatic carbocycles. The minimum atomic E-state index is -4.55. The highest BCUT2D eigenvalue weighted by Crippen LogP contribution is 2.43. The molecule has 94 heavy (non-hydrogen) atoms. The van der Waals surface area contributed by atoms with Crippen molar-refractivity contribution >= 4 is 80.3 Å². The molecule has 0 fully saturated rings. The third kappa shape index (κ3) is 19.1. The Labute approximate surface area is 548 Å². The zero-order chi connectivity index (χ0) is 68.6. The van der Waals surface area contributed by atoms with Gasteiger partial charge in [-0.25, -0.2) is 9.69 Å². The van der Waals surface area contributed by atoms with Gasteiger partial charge >= 0.3 is 6.09 Å². The molecule has 0 aromatic heterocycles. The highest BCUT2D eigenvalue weighted by molar-refractivity contribution is 7.86. The first-order valence-corrected chi connectivity index (χ1v) is 33.1. The standard InChI is InChI=1S/C36H44N4O11S.C31H43N3O8/c1-6-49-36(44)40-26-17-31(30(48-5)15-24(26)34(42)39-19-21(3)13-28(39)35(40)43)51-11-9-7-8-10-50-29-16-25-23(14-22(29)4)33(41)38-18-20(2)12-27(38)32(37-25)52(45,46)47;1-21(2)27(31(40)32-23(4)30(39)33-24-9-7-22(3)8-10-24)20-26(36)14-17-42-19-18-41-16-5-6-25(35)13-15-34-28(37)11-12-29(34)38/h14-19,27-28,32,35,37,43H,6-13H2,1-5H3,(H,45,46,47);7-12,21,23,27H,5-6,13-20H2,1-4H3,(H,32,40)(H,33,39)/t27-,28-,32?,35-;23-,27-/m01/s1. The second kappa shape index (κ2) is 33.6. The second-order valence-electron chi connectivity index (χ2n) is 24.1. The van der Waals surface area contributed by atoms with E-state index < -0.39 is 63.7 Å². The van der Waals surface area contributed by atoms with Crippen molar-refractivity contribution in [1.82, 2.24) is 20.0 Å². The van der Waals surface area contributed by atoms with Crippen LogP contribution in [0.15, 0.2) is 84.2 Å². The number of Topliss-reactive ketones (excluding diaryl/α,β-unsaturated/α-hetero) is 2. The van der Waals surface area contributed by atoms with Crippen molar-refractivity contribution in [2.75, 3.05) is 75.4 Å². The van der Waals surface area contributed by atoms with Crippen molar-refractivity contribution in [3.05, 3.63) is 106 Å². The summed E-state index contributed by atoms with van der Waals surface area (Å²) >= 11 is 0. The summed E-state index contributed by atoms with van der Waals surface area (Å²) in [6, 6.07) is 11.4. The van der Waals surface area contributed by atoms with Crippen LogP contribution in [0.5, 0.6) is 17.2 Å². The van der Waals surface area contributed by atoms with Gasteiger partial charge in [0.15, 0.2) is 23.1 Å². The molecular weight excluding hydrogens is 1240 g/mol. The van der Waals surface area contributed by atoms with Gasteiger partial charge in [-0.3, -0.25) is 47.8 Å². The van der Waals surface area contributed by atoms with Crippen molar-refractivity contribution in [3.63, 3.8) is 0 Å². The molecule has 0 radical (unpaired) electrons. The Bertz CT molecular complexity index is 3500. The quantitative estimate of drug-likeness (QED) is 0.0236. The van der Waals surface area contributed by atoms with Crippen LogP contribution in [-0.2, 0) is 53.1 Å². The van der Waals surface area contributed by atoms with E-state index >= 15 is 0 Å². The number of amides is 7. The number of aliphatic hydroxyl groups excluding tert-OH is 1. The number of fused-ring (bicyclic) bond motifs is 4. The summed E-state index contributed by atoms with van der Waals surface area (Å²) in [4.78, 5) is 118. The zero-order valence-electron chi connectivity index (χ0n) is 54.7. The fraction of sp³-hybridized carbons (Fsp3) is 0.507. The molecule has 5 heterocycles. The van der Waals surface area contributed by atoms with E-state index in [1.165, 1.54) is 41.2 Å². The molecule has 1 unspecified atom stereocenters. The molecule has 0 saturated carbocycles. The van der Waals surface area contributed by atoms with Crippen LogP contribution in [0.3, 0.4) is 0 Å². The van der Waals surface area contributed by atoms with E-state index in [1.807, 2.05) is 39.8 Å². The van der Waals surface area contributed by atoms with Gasteiger partial charge in [-0.2, -0.15) is 8.42 Å². The van der Waals surface area contributed by atoms with Crippen molar-refractivity contribution in [2.24, 2.45) is 11.8 Å². The number of imide groups is 1. The number of nitrogens with one attached hydrogen (secondary N) is 3. The lowest BCUT2D eigenvalue weighted by molar-refractivity contribution is -0.137. The van der Waals surface area contributed by atoms with Gasteiger partial charge in [-0.05, 0) is 116 Å². The van der Waals surface area contributed by atoms with Crippen molar-refractivity contribution in [1.29, 1.82) is 0 Å². The molecule has 0 saturated heterocycles. The van der Waals surface area contributed by atoms with Gasteiger partial charge in [0.25, 0.3) is 33.7 Å². The van der Waals surface area contributed by atoms with Crippen LogP contribution in [0.4, 0.5) is 21.9 Å². The second-order valence-corrected chi connectivity index (χ2v) is 25.7. The smallest absolute Gasteiger partial charge is 0.416 e. The Kier molecular flexibility index (Phi) is 26.0. The van der Waals surface area contributed by atoms with E-state index in [9.17, 15) is 61.2 Å². The number of methoxy groups -OCH3 is 1. The predicted octanol–water partition coefficient (Wildman–Crippen LogP) is 7.56. The molecule has 0 spiro atoms. The molecule has 5 N–H and O–H groups in total. The maximum Gasteiger partial charge on any atom is 0.416 e. The number of hydrogen-bond donors (Lipinski definition) is 5. The number of carbonyl (C=O) groups excluding carboxylic acids is 9. The van der Waals surface area contributed by atoms with E-state index in [4.69, 9.17) is 28.4 Å². The van der Waals surface area contributed by atoms with Crippen LogP contribution >= 0.6 is 0 Å². The van der Waals surface area contributed by atoms with E-state index in [1.54, 1.807) is 64.4 Å². The highest BCUT2D eigenvalue weighted by atomic mass is 32.2. The largest absolute Gasteiger partial charge is 0.493 e. The summed E-state index contributed by atoms with van der Waals surface area (Å²) in [5.74, 6) is -1.97. The molecule has 6 atom stereocenters. The molecule has 510 valence electrons. The average molecular weight is 1330 g/mol. The number of aryl methyl sites for hydroxylation is 2. The molecule has 26 nitrogen and oxygen atoms in total. The molecule has 5 aliphatic rings. The monoisotopic (exact) mass is 1330 g/mol. The average Bonchev–Trinajstić information content (AvgIpc) is 1.60. The summed E-state index contributed by atoms with van der Waals surface area (Å²) in [7, 11) is -3.10. The summed E-state index contributed by atoms with van der Waals surface area (Å²) in [6.45, 7) is 16.3. The van der Waals surface area contributed by atoms with Crippen LogP contribution < -0.4 is 35.1 Å². The van der Waals surface area contributed by atoms with E-state index in [0.717, 1.165) is 26.5 Å². The van der Waals surface area contributed by atoms with Gasteiger partial charge in [0.05, 0.1) is 81.3 Å². The number of rotatable bonds is 31. The maximum absolute atomic E-state index is 13.6. The molecule has 5 aliphatic heterocycles. The summed E-state index contributed by atoms with van der Waals surface area (Å²) in [5, 5.41) is 18.3. The molecule has 0 bridgehead atoms. The number of anilines is 3. The Balaban J connectivity index is 0.000000273.